The van der Waals surface area contributed by atoms with E-state index in [9.17, 15) is 0 Å². The van der Waals surface area contributed by atoms with Gasteiger partial charge in [-0.25, -0.2) is 0 Å². The lowest BCUT2D eigenvalue weighted by molar-refractivity contribution is 0.00578. The van der Waals surface area contributed by atoms with Gasteiger partial charge in [-0.15, -0.1) is 0 Å². The van der Waals surface area contributed by atoms with E-state index in [0.29, 0.717) is 5.92 Å². The van der Waals surface area contributed by atoms with Crippen molar-refractivity contribution in [2.45, 2.75) is 64.1 Å². The van der Waals surface area contributed by atoms with Crippen molar-refractivity contribution in [2.75, 3.05) is 0 Å². The van der Waals surface area contributed by atoms with Crippen molar-refractivity contribution < 1.29 is 13.7 Å². The average molecular weight is 248 g/mol. The first kappa shape index (κ1) is 12.3. The maximum atomic E-state index is 5.98. The summed E-state index contributed by atoms with van der Waals surface area (Å²) in [6.45, 7) is 8.23. The molecule has 2 heterocycles. The minimum atomic E-state index is -0.371. The summed E-state index contributed by atoms with van der Waals surface area (Å²) in [5.41, 5.74) is 1.49. The van der Waals surface area contributed by atoms with Crippen molar-refractivity contribution >= 4 is 12.8 Å². The standard InChI is InChI=1S/C14H21BO3/c1-13(2)14(3,4)18-15(17-13)12-8-11(9-16-12)10-6-5-7-10/h8-10H,5-7H2,1-4H3. The fourth-order valence-corrected chi connectivity index (χ4v) is 2.41. The van der Waals surface area contributed by atoms with Crippen molar-refractivity contribution in [2.24, 2.45) is 0 Å². The Bertz CT molecular complexity index is 430. The minimum absolute atomic E-state index is 0.304. The zero-order valence-corrected chi connectivity index (χ0v) is 11.7. The zero-order chi connectivity index (χ0) is 13.0. The normalized spacial score (nSPS) is 26.3. The van der Waals surface area contributed by atoms with Crippen LogP contribution in [0.25, 0.3) is 0 Å². The van der Waals surface area contributed by atoms with E-state index in [4.69, 9.17) is 13.7 Å². The van der Waals surface area contributed by atoms with E-state index in [1.54, 1.807) is 0 Å². The number of hydrogen-bond donors (Lipinski definition) is 0. The van der Waals surface area contributed by atoms with E-state index < -0.39 is 0 Å². The lowest BCUT2D eigenvalue weighted by Crippen LogP contribution is -2.41. The Hall–Kier alpha value is -0.735. The molecule has 0 N–H and O–H groups in total. The molecule has 1 saturated heterocycles. The molecule has 0 atom stereocenters. The molecule has 1 aromatic heterocycles. The van der Waals surface area contributed by atoms with Gasteiger partial charge in [0.05, 0.1) is 17.5 Å². The molecule has 4 heteroatoms. The lowest BCUT2D eigenvalue weighted by atomic mass is 9.79. The number of hydrogen-bond acceptors (Lipinski definition) is 3. The fourth-order valence-electron chi connectivity index (χ4n) is 2.41. The highest BCUT2D eigenvalue weighted by molar-refractivity contribution is 6.60. The summed E-state index contributed by atoms with van der Waals surface area (Å²) in [5, 5.41) is 0. The third-order valence-electron chi connectivity index (χ3n) is 4.70. The molecule has 98 valence electrons. The van der Waals surface area contributed by atoms with Gasteiger partial charge in [0, 0.05) is 0 Å². The van der Waals surface area contributed by atoms with Crippen LogP contribution in [0.15, 0.2) is 16.7 Å². The summed E-state index contributed by atoms with van der Waals surface area (Å²) in [6, 6.07) is 2.10. The van der Waals surface area contributed by atoms with Crippen LogP contribution in [-0.4, -0.2) is 18.3 Å². The average Bonchev–Trinajstić information content (AvgIpc) is 2.68. The highest BCUT2D eigenvalue weighted by Gasteiger charge is 2.53. The van der Waals surface area contributed by atoms with E-state index in [0.717, 1.165) is 5.66 Å². The molecular formula is C14H21BO3. The fraction of sp³-hybridized carbons (Fsp3) is 0.714. The summed E-state index contributed by atoms with van der Waals surface area (Å²) in [4.78, 5) is 0. The van der Waals surface area contributed by atoms with Crippen LogP contribution in [-0.2, 0) is 9.31 Å². The van der Waals surface area contributed by atoms with Gasteiger partial charge in [0.25, 0.3) is 0 Å². The molecule has 0 bridgehead atoms. The van der Waals surface area contributed by atoms with Gasteiger partial charge in [-0.05, 0) is 58.1 Å². The van der Waals surface area contributed by atoms with Crippen LogP contribution < -0.4 is 5.66 Å². The van der Waals surface area contributed by atoms with Gasteiger partial charge >= 0.3 is 7.12 Å². The largest absolute Gasteiger partial charge is 0.532 e. The maximum absolute atomic E-state index is 5.98. The first-order valence-electron chi connectivity index (χ1n) is 6.83. The van der Waals surface area contributed by atoms with Gasteiger partial charge in [0.2, 0.25) is 0 Å². The molecule has 3 nitrogen and oxygen atoms in total. The van der Waals surface area contributed by atoms with Gasteiger partial charge in [-0.1, -0.05) is 6.42 Å². The second-order valence-corrected chi connectivity index (χ2v) is 6.50. The van der Waals surface area contributed by atoms with E-state index in [1.807, 2.05) is 6.26 Å². The van der Waals surface area contributed by atoms with Gasteiger partial charge in [0.1, 0.15) is 5.66 Å². The monoisotopic (exact) mass is 248 g/mol. The predicted molar refractivity (Wildman–Crippen MR) is 71.0 cm³/mol. The molecule has 0 aromatic carbocycles. The van der Waals surface area contributed by atoms with Crippen LogP contribution in [0, 0.1) is 0 Å². The summed E-state index contributed by atoms with van der Waals surface area (Å²) in [5.74, 6) is 0.685. The SMILES string of the molecule is CC1(C)OB(c2cc(C3CCC3)co2)OC1(C)C. The van der Waals surface area contributed by atoms with Crippen molar-refractivity contribution in [3.05, 3.63) is 17.9 Å². The van der Waals surface area contributed by atoms with Crippen LogP contribution in [0.1, 0.15) is 58.4 Å². The van der Waals surface area contributed by atoms with Crippen LogP contribution in [0.3, 0.4) is 0 Å². The Balaban J connectivity index is 1.78. The van der Waals surface area contributed by atoms with E-state index in [-0.39, 0.29) is 18.3 Å². The van der Waals surface area contributed by atoms with Gasteiger partial charge in [-0.3, -0.25) is 0 Å². The third kappa shape index (κ3) is 1.82. The molecule has 1 saturated carbocycles. The first-order valence-corrected chi connectivity index (χ1v) is 6.83. The molecule has 0 radical (unpaired) electrons. The molecule has 2 fully saturated rings. The van der Waals surface area contributed by atoms with Crippen molar-refractivity contribution in [3.63, 3.8) is 0 Å². The van der Waals surface area contributed by atoms with Crippen LogP contribution in [0.2, 0.25) is 0 Å². The number of rotatable bonds is 2. The highest BCUT2D eigenvalue weighted by Crippen LogP contribution is 2.38. The van der Waals surface area contributed by atoms with E-state index in [1.165, 1.54) is 24.8 Å². The van der Waals surface area contributed by atoms with Crippen molar-refractivity contribution in [1.29, 1.82) is 0 Å². The molecule has 1 aromatic rings. The molecule has 3 rings (SSSR count). The Kier molecular flexibility index (Phi) is 2.65. The quantitative estimate of drug-likeness (QED) is 0.754. The molecule has 0 spiro atoms. The summed E-state index contributed by atoms with van der Waals surface area (Å²) in [7, 11) is -0.371. The Morgan fingerprint density at radius 1 is 1.11 bits per heavy atom. The van der Waals surface area contributed by atoms with E-state index in [2.05, 4.69) is 33.8 Å². The molecule has 2 aliphatic rings. The maximum Gasteiger partial charge on any atom is 0.532 e. The topological polar surface area (TPSA) is 31.6 Å². The molecule has 1 aliphatic heterocycles. The van der Waals surface area contributed by atoms with E-state index >= 15 is 0 Å². The molecule has 0 unspecified atom stereocenters. The van der Waals surface area contributed by atoms with Crippen molar-refractivity contribution in [3.8, 4) is 0 Å². The third-order valence-corrected chi connectivity index (χ3v) is 4.70. The second kappa shape index (κ2) is 3.88. The number of furan rings is 1. The lowest BCUT2D eigenvalue weighted by Gasteiger charge is -2.32. The second-order valence-electron chi connectivity index (χ2n) is 6.50. The van der Waals surface area contributed by atoms with Crippen LogP contribution in [0.4, 0.5) is 0 Å². The van der Waals surface area contributed by atoms with Crippen LogP contribution >= 0.6 is 0 Å². The summed E-state index contributed by atoms with van der Waals surface area (Å²) in [6.07, 6.45) is 5.76. The Morgan fingerprint density at radius 3 is 2.22 bits per heavy atom. The Labute approximate surface area is 109 Å². The highest BCUT2D eigenvalue weighted by atomic mass is 16.7. The summed E-state index contributed by atoms with van der Waals surface area (Å²) >= 11 is 0. The smallest absolute Gasteiger partial charge is 0.473 e. The molecule has 1 aliphatic carbocycles. The zero-order valence-electron chi connectivity index (χ0n) is 11.7. The van der Waals surface area contributed by atoms with Gasteiger partial charge < -0.3 is 13.7 Å². The predicted octanol–water partition coefficient (Wildman–Crippen LogP) is 2.85. The molecule has 0 amide bonds. The van der Waals surface area contributed by atoms with Crippen LogP contribution in [0.5, 0.6) is 0 Å². The summed E-state index contributed by atoms with van der Waals surface area (Å²) < 4.78 is 17.6. The van der Waals surface area contributed by atoms with Gasteiger partial charge in [-0.2, -0.15) is 0 Å². The van der Waals surface area contributed by atoms with Crippen molar-refractivity contribution in [1.82, 2.24) is 0 Å². The van der Waals surface area contributed by atoms with Gasteiger partial charge in [0.15, 0.2) is 0 Å². The minimum Gasteiger partial charge on any atom is -0.473 e. The molecule has 18 heavy (non-hydrogen) atoms. The molecular weight excluding hydrogens is 227 g/mol. The first-order chi connectivity index (χ1) is 8.39. The Morgan fingerprint density at radius 2 is 1.72 bits per heavy atom.